The van der Waals surface area contributed by atoms with Crippen molar-refractivity contribution in [1.29, 1.82) is 0 Å². The topological polar surface area (TPSA) is 103 Å². The van der Waals surface area contributed by atoms with Crippen LogP contribution in [0.2, 0.25) is 0 Å². The van der Waals surface area contributed by atoms with E-state index in [0.29, 0.717) is 22.6 Å². The molecule has 0 heterocycles. The Morgan fingerprint density at radius 3 is 2.64 bits per heavy atom. The molecule has 0 spiro atoms. The van der Waals surface area contributed by atoms with Crippen molar-refractivity contribution in [3.05, 3.63) is 63.7 Å². The largest absolute Gasteiger partial charge is 0.493 e. The molecule has 130 valence electrons. The second kappa shape index (κ2) is 8.44. The summed E-state index contributed by atoms with van der Waals surface area (Å²) in [5.74, 6) is 0.562. The molecule has 2 rings (SSSR count). The van der Waals surface area contributed by atoms with Crippen LogP contribution in [-0.2, 0) is 11.2 Å². The molecule has 8 nitrogen and oxygen atoms in total. The monoisotopic (exact) mass is 343 g/mol. The van der Waals surface area contributed by atoms with E-state index in [0.717, 1.165) is 0 Å². The molecule has 0 saturated carbocycles. The van der Waals surface area contributed by atoms with Crippen LogP contribution >= 0.6 is 0 Å². The number of para-hydroxylation sites is 2. The molecule has 0 bridgehead atoms. The van der Waals surface area contributed by atoms with Crippen LogP contribution in [0, 0.1) is 10.1 Å². The van der Waals surface area contributed by atoms with Gasteiger partial charge in [0.2, 0.25) is 5.91 Å². The van der Waals surface area contributed by atoms with Gasteiger partial charge in [0.05, 0.1) is 31.8 Å². The standard InChI is InChI=1S/C17H17N3O5/c1-24-15-9-5-7-13(17(15)25-2)11-18-19-16(21)10-12-6-3-4-8-14(12)20(22)23/h3-9,11H,10H2,1-2H3,(H,19,21). The summed E-state index contributed by atoms with van der Waals surface area (Å²) in [6.45, 7) is 0. The minimum atomic E-state index is -0.521. The van der Waals surface area contributed by atoms with Crippen LogP contribution in [0.4, 0.5) is 5.69 Å². The first-order chi connectivity index (χ1) is 12.1. The molecular weight excluding hydrogens is 326 g/mol. The van der Waals surface area contributed by atoms with Crippen molar-refractivity contribution in [3.8, 4) is 11.5 Å². The van der Waals surface area contributed by atoms with Gasteiger partial charge >= 0.3 is 0 Å². The predicted octanol–water partition coefficient (Wildman–Crippen LogP) is 2.30. The Bertz CT molecular complexity index is 805. The maximum Gasteiger partial charge on any atom is 0.273 e. The number of methoxy groups -OCH3 is 2. The third kappa shape index (κ3) is 4.54. The molecule has 0 unspecified atom stereocenters. The summed E-state index contributed by atoms with van der Waals surface area (Å²) in [5, 5.41) is 14.8. The van der Waals surface area contributed by atoms with E-state index in [2.05, 4.69) is 10.5 Å². The Kier molecular flexibility index (Phi) is 6.05. The Balaban J connectivity index is 2.06. The normalized spacial score (nSPS) is 10.5. The van der Waals surface area contributed by atoms with Crippen molar-refractivity contribution in [1.82, 2.24) is 5.43 Å². The number of hydrogen-bond donors (Lipinski definition) is 1. The lowest BCUT2D eigenvalue weighted by Gasteiger charge is -2.09. The van der Waals surface area contributed by atoms with E-state index in [-0.39, 0.29) is 12.1 Å². The summed E-state index contributed by atoms with van der Waals surface area (Å²) in [5.41, 5.74) is 3.18. The molecule has 0 radical (unpaired) electrons. The number of hydrazone groups is 1. The van der Waals surface area contributed by atoms with Crippen molar-refractivity contribution in [3.63, 3.8) is 0 Å². The second-order valence-corrected chi connectivity index (χ2v) is 4.94. The summed E-state index contributed by atoms with van der Waals surface area (Å²) in [6.07, 6.45) is 1.27. The van der Waals surface area contributed by atoms with E-state index < -0.39 is 10.8 Å². The highest BCUT2D eigenvalue weighted by atomic mass is 16.6. The molecule has 0 aromatic heterocycles. The van der Waals surface area contributed by atoms with Gasteiger partial charge in [-0.15, -0.1) is 0 Å². The number of hydrogen-bond acceptors (Lipinski definition) is 6. The highest BCUT2D eigenvalue weighted by Gasteiger charge is 2.15. The van der Waals surface area contributed by atoms with Crippen molar-refractivity contribution in [2.45, 2.75) is 6.42 Å². The first-order valence-corrected chi connectivity index (χ1v) is 7.32. The van der Waals surface area contributed by atoms with Gasteiger partial charge < -0.3 is 9.47 Å². The summed E-state index contributed by atoms with van der Waals surface area (Å²) in [4.78, 5) is 22.4. The van der Waals surface area contributed by atoms with Crippen LogP contribution in [0.3, 0.4) is 0 Å². The summed E-state index contributed by atoms with van der Waals surface area (Å²) in [7, 11) is 3.02. The third-order valence-corrected chi connectivity index (χ3v) is 3.37. The van der Waals surface area contributed by atoms with Crippen LogP contribution < -0.4 is 14.9 Å². The molecule has 25 heavy (non-hydrogen) atoms. The minimum absolute atomic E-state index is 0.101. The molecule has 0 saturated heterocycles. The molecule has 0 fully saturated rings. The molecule has 8 heteroatoms. The molecule has 0 atom stereocenters. The van der Waals surface area contributed by atoms with Gasteiger partial charge in [-0.1, -0.05) is 24.3 Å². The Morgan fingerprint density at radius 2 is 1.96 bits per heavy atom. The fourth-order valence-corrected chi connectivity index (χ4v) is 2.24. The van der Waals surface area contributed by atoms with Crippen molar-refractivity contribution in [2.24, 2.45) is 5.10 Å². The number of nitrogens with zero attached hydrogens (tertiary/aromatic N) is 2. The second-order valence-electron chi connectivity index (χ2n) is 4.94. The van der Waals surface area contributed by atoms with E-state index in [1.54, 1.807) is 30.3 Å². The molecular formula is C17H17N3O5. The Hall–Kier alpha value is -3.42. The maximum atomic E-state index is 12.0. The van der Waals surface area contributed by atoms with Crippen LogP contribution in [0.25, 0.3) is 0 Å². The number of nitro groups is 1. The third-order valence-electron chi connectivity index (χ3n) is 3.37. The first-order valence-electron chi connectivity index (χ1n) is 7.32. The summed E-state index contributed by atoms with van der Waals surface area (Å²) >= 11 is 0. The fourth-order valence-electron chi connectivity index (χ4n) is 2.24. The SMILES string of the molecule is COc1cccc(C=NNC(=O)Cc2ccccc2[N+](=O)[O-])c1OC. The Labute approximate surface area is 144 Å². The van der Waals surface area contributed by atoms with Crippen molar-refractivity contribution in [2.75, 3.05) is 14.2 Å². The lowest BCUT2D eigenvalue weighted by Crippen LogP contribution is -2.20. The average Bonchev–Trinajstić information content (AvgIpc) is 2.61. The van der Waals surface area contributed by atoms with Gasteiger partial charge in [0.25, 0.3) is 5.69 Å². The average molecular weight is 343 g/mol. The van der Waals surface area contributed by atoms with Gasteiger partial charge in [-0.05, 0) is 12.1 Å². The molecule has 2 aromatic rings. The fraction of sp³-hybridized carbons (Fsp3) is 0.176. The van der Waals surface area contributed by atoms with Gasteiger partial charge in [-0.2, -0.15) is 5.10 Å². The number of amides is 1. The van der Waals surface area contributed by atoms with Gasteiger partial charge in [0, 0.05) is 17.2 Å². The smallest absolute Gasteiger partial charge is 0.273 e. The highest BCUT2D eigenvalue weighted by molar-refractivity contribution is 5.87. The summed E-state index contributed by atoms with van der Waals surface area (Å²) < 4.78 is 10.4. The zero-order valence-electron chi connectivity index (χ0n) is 13.8. The molecule has 0 aliphatic heterocycles. The van der Waals surface area contributed by atoms with Crippen LogP contribution in [-0.4, -0.2) is 31.3 Å². The van der Waals surface area contributed by atoms with E-state index in [1.165, 1.54) is 32.6 Å². The van der Waals surface area contributed by atoms with Crippen LogP contribution in [0.15, 0.2) is 47.6 Å². The molecule has 1 amide bonds. The number of rotatable bonds is 7. The van der Waals surface area contributed by atoms with Gasteiger partial charge in [0.15, 0.2) is 11.5 Å². The lowest BCUT2D eigenvalue weighted by atomic mass is 10.1. The summed E-state index contributed by atoms with van der Waals surface area (Å²) in [6, 6.07) is 11.3. The van der Waals surface area contributed by atoms with E-state index in [1.807, 2.05) is 0 Å². The van der Waals surface area contributed by atoms with Crippen LogP contribution in [0.5, 0.6) is 11.5 Å². The zero-order valence-corrected chi connectivity index (χ0v) is 13.8. The predicted molar refractivity (Wildman–Crippen MR) is 92.1 cm³/mol. The maximum absolute atomic E-state index is 12.0. The van der Waals surface area contributed by atoms with E-state index in [4.69, 9.17) is 9.47 Å². The molecule has 0 aliphatic carbocycles. The van der Waals surface area contributed by atoms with E-state index >= 15 is 0 Å². The molecule has 0 aliphatic rings. The number of nitrogens with one attached hydrogen (secondary N) is 1. The highest BCUT2D eigenvalue weighted by Crippen LogP contribution is 2.29. The number of nitro benzene ring substituents is 1. The zero-order chi connectivity index (χ0) is 18.2. The van der Waals surface area contributed by atoms with Gasteiger partial charge in [0.1, 0.15) is 0 Å². The van der Waals surface area contributed by atoms with Crippen molar-refractivity contribution < 1.29 is 19.2 Å². The number of carbonyl (C=O) groups excluding carboxylic acids is 1. The minimum Gasteiger partial charge on any atom is -0.493 e. The number of carbonyl (C=O) groups is 1. The molecule has 1 N–H and O–H groups in total. The van der Waals surface area contributed by atoms with E-state index in [9.17, 15) is 14.9 Å². The Morgan fingerprint density at radius 1 is 1.20 bits per heavy atom. The lowest BCUT2D eigenvalue weighted by molar-refractivity contribution is -0.385. The van der Waals surface area contributed by atoms with Crippen LogP contribution in [0.1, 0.15) is 11.1 Å². The quantitative estimate of drug-likeness (QED) is 0.472. The number of ether oxygens (including phenoxy) is 2. The van der Waals surface area contributed by atoms with Crippen molar-refractivity contribution >= 4 is 17.8 Å². The van der Waals surface area contributed by atoms with Gasteiger partial charge in [-0.25, -0.2) is 5.43 Å². The molecule has 2 aromatic carbocycles. The number of benzene rings is 2. The van der Waals surface area contributed by atoms with Gasteiger partial charge in [-0.3, -0.25) is 14.9 Å². The first kappa shape index (κ1) is 17.9.